The molecule has 0 aliphatic carbocycles. The minimum Gasteiger partial charge on any atom is -0.479 e. The smallest absolute Gasteiger partial charge is 0.244 e. The number of methoxy groups -OCH3 is 1. The Kier molecular flexibility index (Phi) is 5.92. The van der Waals surface area contributed by atoms with Crippen LogP contribution >= 0.6 is 0 Å². The Bertz CT molecular complexity index is 1400. The minimum atomic E-state index is -1.08. The summed E-state index contributed by atoms with van der Waals surface area (Å²) >= 11 is 0. The van der Waals surface area contributed by atoms with Gasteiger partial charge in [-0.2, -0.15) is 4.98 Å². The number of aromatic nitrogens is 5. The Morgan fingerprint density at radius 3 is 2.86 bits per heavy atom. The first-order chi connectivity index (χ1) is 17.6. The summed E-state index contributed by atoms with van der Waals surface area (Å²) in [7, 11) is 1.49. The number of fused-ring (bicyclic) bond motifs is 2. The van der Waals surface area contributed by atoms with Crippen molar-refractivity contribution in [2.75, 3.05) is 45.4 Å². The molecule has 1 N–H and O–H groups in total. The molecule has 2 aliphatic rings. The van der Waals surface area contributed by atoms with Crippen LogP contribution in [0.25, 0.3) is 27.7 Å². The van der Waals surface area contributed by atoms with E-state index in [1.54, 1.807) is 27.4 Å². The quantitative estimate of drug-likeness (QED) is 0.417. The molecule has 0 amide bonds. The van der Waals surface area contributed by atoms with Crippen molar-refractivity contribution in [3.63, 3.8) is 0 Å². The third kappa shape index (κ3) is 3.94. The molecule has 0 unspecified atom stereocenters. The third-order valence-corrected chi connectivity index (χ3v) is 7.01. The van der Waals surface area contributed by atoms with Crippen molar-refractivity contribution in [2.45, 2.75) is 31.2 Å². The second-order valence-electron chi connectivity index (χ2n) is 9.16. The normalized spacial score (nSPS) is 21.2. The number of nitrogens with one attached hydrogen (secondary N) is 1. The van der Waals surface area contributed by atoms with E-state index in [0.29, 0.717) is 54.4 Å². The van der Waals surface area contributed by atoms with E-state index in [4.69, 9.17) is 9.47 Å². The molecule has 12 heteroatoms. The maximum Gasteiger partial charge on any atom is 0.244 e. The van der Waals surface area contributed by atoms with Gasteiger partial charge in [-0.3, -0.25) is 4.90 Å². The average molecular weight is 502 g/mol. The molecule has 36 heavy (non-hydrogen) atoms. The molecule has 0 saturated carbocycles. The zero-order valence-corrected chi connectivity index (χ0v) is 19.7. The van der Waals surface area contributed by atoms with Crippen molar-refractivity contribution in [3.05, 3.63) is 36.5 Å². The number of aryl methyl sites for hydroxylation is 1. The Hall–Kier alpha value is -3.38. The van der Waals surface area contributed by atoms with E-state index in [2.05, 4.69) is 25.3 Å². The number of benzene rings is 1. The van der Waals surface area contributed by atoms with Crippen molar-refractivity contribution in [3.8, 4) is 17.0 Å². The standard InChI is InChI=1S/C24H26F3N7O2/c1-35-23-22-16(14-8-17(26)21-20(9-14)33(7-4-25)13-28-21)2-6-34(22)31-24(30-23)29-19-3-5-32(10-18(19)27)15-11-36-12-15/h2,6,8-9,13,15,18-19H,3-5,7,10-12H2,1H3,(H,29,31)/t18-,19-/m1/s1. The highest BCUT2D eigenvalue weighted by molar-refractivity contribution is 5.90. The summed E-state index contributed by atoms with van der Waals surface area (Å²) in [6.07, 6.45) is 2.69. The molecule has 2 atom stereocenters. The first-order valence-corrected chi connectivity index (χ1v) is 11.9. The number of imidazole rings is 1. The van der Waals surface area contributed by atoms with Gasteiger partial charge in [0.2, 0.25) is 11.8 Å². The fraction of sp³-hybridized carbons (Fsp3) is 0.458. The molecule has 9 nitrogen and oxygen atoms in total. The second-order valence-corrected chi connectivity index (χ2v) is 9.16. The predicted octanol–water partition coefficient (Wildman–Crippen LogP) is 3.09. The van der Waals surface area contributed by atoms with Crippen LogP contribution in [0.5, 0.6) is 5.88 Å². The van der Waals surface area contributed by atoms with Crippen LogP contribution in [0, 0.1) is 5.82 Å². The van der Waals surface area contributed by atoms with E-state index < -0.39 is 24.7 Å². The second kappa shape index (κ2) is 9.25. The maximum atomic E-state index is 14.9. The summed E-state index contributed by atoms with van der Waals surface area (Å²) in [5.74, 6) is 0.00777. The van der Waals surface area contributed by atoms with Crippen molar-refractivity contribution in [2.24, 2.45) is 0 Å². The summed E-state index contributed by atoms with van der Waals surface area (Å²) in [5, 5.41) is 7.65. The molecule has 0 bridgehead atoms. The summed E-state index contributed by atoms with van der Waals surface area (Å²) in [4.78, 5) is 10.7. The van der Waals surface area contributed by atoms with Crippen molar-refractivity contribution in [1.82, 2.24) is 29.0 Å². The first-order valence-electron chi connectivity index (χ1n) is 11.9. The maximum absolute atomic E-state index is 14.9. The number of piperidine rings is 1. The molecule has 2 aliphatic heterocycles. The predicted molar refractivity (Wildman–Crippen MR) is 127 cm³/mol. The van der Waals surface area contributed by atoms with Gasteiger partial charge in [-0.15, -0.1) is 5.10 Å². The van der Waals surface area contributed by atoms with Gasteiger partial charge in [-0.1, -0.05) is 0 Å². The van der Waals surface area contributed by atoms with Gasteiger partial charge in [0.05, 0.1) is 50.8 Å². The largest absolute Gasteiger partial charge is 0.479 e. The monoisotopic (exact) mass is 501 g/mol. The van der Waals surface area contributed by atoms with Gasteiger partial charge in [0.15, 0.2) is 5.82 Å². The Balaban J connectivity index is 1.31. The van der Waals surface area contributed by atoms with Gasteiger partial charge < -0.3 is 19.4 Å². The molecule has 1 aromatic carbocycles. The molecule has 6 rings (SSSR count). The van der Waals surface area contributed by atoms with Crippen LogP contribution in [0.4, 0.5) is 19.1 Å². The number of alkyl halides is 2. The number of hydrogen-bond donors (Lipinski definition) is 1. The van der Waals surface area contributed by atoms with Gasteiger partial charge in [-0.05, 0) is 30.2 Å². The van der Waals surface area contributed by atoms with Crippen LogP contribution in [-0.2, 0) is 11.3 Å². The Morgan fingerprint density at radius 1 is 1.28 bits per heavy atom. The van der Waals surface area contributed by atoms with Crippen molar-refractivity contribution < 1.29 is 22.6 Å². The van der Waals surface area contributed by atoms with Gasteiger partial charge in [0.25, 0.3) is 0 Å². The third-order valence-electron chi connectivity index (χ3n) is 7.01. The fourth-order valence-corrected chi connectivity index (χ4v) is 5.00. The lowest BCUT2D eigenvalue weighted by Gasteiger charge is -2.42. The van der Waals surface area contributed by atoms with Gasteiger partial charge in [-0.25, -0.2) is 22.7 Å². The lowest BCUT2D eigenvalue weighted by Crippen LogP contribution is -2.57. The number of halogens is 3. The number of rotatable bonds is 7. The number of likely N-dealkylation sites (tertiary alicyclic amines) is 1. The van der Waals surface area contributed by atoms with Crippen LogP contribution < -0.4 is 10.1 Å². The van der Waals surface area contributed by atoms with Gasteiger partial charge in [0, 0.05) is 24.8 Å². The number of anilines is 1. The van der Waals surface area contributed by atoms with E-state index in [0.717, 1.165) is 6.54 Å². The highest BCUT2D eigenvalue weighted by Gasteiger charge is 2.35. The van der Waals surface area contributed by atoms with Crippen LogP contribution in [0.2, 0.25) is 0 Å². The summed E-state index contributed by atoms with van der Waals surface area (Å²) in [5.41, 5.74) is 2.42. The molecule has 3 aromatic heterocycles. The molecular formula is C24H26F3N7O2. The molecule has 2 fully saturated rings. The SMILES string of the molecule is COc1nc(N[C@@H]2CCN(C3COC3)C[C@H]2F)nn2ccc(-c3cc(F)c4ncn(CCF)c4c3)c12. The van der Waals surface area contributed by atoms with E-state index >= 15 is 0 Å². The van der Waals surface area contributed by atoms with Gasteiger partial charge >= 0.3 is 0 Å². The Morgan fingerprint density at radius 2 is 2.14 bits per heavy atom. The first kappa shape index (κ1) is 23.0. The molecular weight excluding hydrogens is 475 g/mol. The van der Waals surface area contributed by atoms with Crippen molar-refractivity contribution in [1.29, 1.82) is 0 Å². The topological polar surface area (TPSA) is 81.7 Å². The number of ether oxygens (including phenoxy) is 2. The van der Waals surface area contributed by atoms with E-state index in [9.17, 15) is 13.2 Å². The molecule has 190 valence electrons. The minimum absolute atomic E-state index is 0.0836. The summed E-state index contributed by atoms with van der Waals surface area (Å²) < 4.78 is 56.7. The molecule has 2 saturated heterocycles. The average Bonchev–Trinajstić information content (AvgIpc) is 3.44. The molecule has 4 aromatic rings. The highest BCUT2D eigenvalue weighted by atomic mass is 19.1. The fourth-order valence-electron chi connectivity index (χ4n) is 5.00. The molecule has 5 heterocycles. The Labute approximate surface area is 204 Å². The van der Waals surface area contributed by atoms with Crippen LogP contribution in [0.15, 0.2) is 30.7 Å². The zero-order chi connectivity index (χ0) is 24.8. The molecule has 0 radical (unpaired) electrons. The number of hydrogen-bond acceptors (Lipinski definition) is 7. The highest BCUT2D eigenvalue weighted by Crippen LogP contribution is 2.34. The van der Waals surface area contributed by atoms with E-state index in [1.165, 1.54) is 19.5 Å². The lowest BCUT2D eigenvalue weighted by molar-refractivity contribution is -0.0794. The van der Waals surface area contributed by atoms with Crippen LogP contribution in [-0.4, -0.2) is 87.4 Å². The van der Waals surface area contributed by atoms with Gasteiger partial charge in [0.1, 0.15) is 23.9 Å². The van der Waals surface area contributed by atoms with E-state index in [-0.39, 0.29) is 23.9 Å². The lowest BCUT2D eigenvalue weighted by atomic mass is 10.0. The molecule has 0 spiro atoms. The summed E-state index contributed by atoms with van der Waals surface area (Å²) in [6, 6.07) is 4.80. The van der Waals surface area contributed by atoms with Crippen molar-refractivity contribution >= 4 is 22.5 Å². The number of nitrogens with zero attached hydrogens (tertiary/aromatic N) is 6. The summed E-state index contributed by atoms with van der Waals surface area (Å²) in [6.45, 7) is 1.93. The van der Waals surface area contributed by atoms with Crippen LogP contribution in [0.1, 0.15) is 6.42 Å². The zero-order valence-electron chi connectivity index (χ0n) is 19.7. The van der Waals surface area contributed by atoms with E-state index in [1.807, 2.05) is 0 Å². The van der Waals surface area contributed by atoms with Crippen LogP contribution in [0.3, 0.4) is 0 Å².